The molecule has 0 aliphatic carbocycles. The fraction of sp³-hybridized carbons (Fsp3) is 0.767. The van der Waals surface area contributed by atoms with Crippen LogP contribution in [0.25, 0.3) is 0 Å². The third kappa shape index (κ3) is 65.3. The van der Waals surface area contributed by atoms with E-state index in [1.165, 1.54) is 199 Å². The highest BCUT2D eigenvalue weighted by Gasteiger charge is 2.19. The third-order valence-electron chi connectivity index (χ3n) is 14.9. The summed E-state index contributed by atoms with van der Waals surface area (Å²) in [5.74, 6) is -0.871. The summed E-state index contributed by atoms with van der Waals surface area (Å²) in [5, 5.41) is 0. The molecule has 0 aliphatic rings. The normalized spacial score (nSPS) is 12.6. The van der Waals surface area contributed by atoms with Gasteiger partial charge in [-0.1, -0.05) is 311 Å². The second-order valence-corrected chi connectivity index (χ2v) is 22.7. The van der Waals surface area contributed by atoms with Crippen LogP contribution in [0.3, 0.4) is 0 Å². The van der Waals surface area contributed by atoms with Crippen LogP contribution in [0.15, 0.2) is 85.1 Å². The predicted molar refractivity (Wildman–Crippen MR) is 344 cm³/mol. The van der Waals surface area contributed by atoms with Crippen LogP contribution in [-0.4, -0.2) is 37.2 Å². The van der Waals surface area contributed by atoms with Crippen molar-refractivity contribution in [3.63, 3.8) is 0 Å². The Morgan fingerprint density at radius 1 is 0.266 bits per heavy atom. The number of rotatable bonds is 62. The minimum Gasteiger partial charge on any atom is -0.462 e. The number of ether oxygens (including phenoxy) is 3. The number of esters is 3. The molecule has 0 aliphatic heterocycles. The van der Waals surface area contributed by atoms with Gasteiger partial charge in [0.15, 0.2) is 6.10 Å². The second kappa shape index (κ2) is 67.1. The molecule has 0 amide bonds. The molecule has 456 valence electrons. The number of carbonyl (C=O) groups excluding carboxylic acids is 3. The van der Waals surface area contributed by atoms with E-state index in [1.807, 2.05) is 0 Å². The van der Waals surface area contributed by atoms with Crippen molar-refractivity contribution in [2.24, 2.45) is 0 Å². The zero-order valence-corrected chi connectivity index (χ0v) is 52.4. The molecular weight excluding hydrogens is 973 g/mol. The van der Waals surface area contributed by atoms with E-state index >= 15 is 0 Å². The Morgan fingerprint density at radius 2 is 0.494 bits per heavy atom. The van der Waals surface area contributed by atoms with Crippen molar-refractivity contribution >= 4 is 17.9 Å². The first-order chi connectivity index (χ1) is 39.0. The van der Waals surface area contributed by atoms with Crippen LogP contribution in [0.1, 0.15) is 342 Å². The van der Waals surface area contributed by atoms with E-state index in [4.69, 9.17) is 14.2 Å². The molecule has 0 rings (SSSR count). The van der Waals surface area contributed by atoms with Crippen LogP contribution in [0.5, 0.6) is 0 Å². The summed E-state index contributed by atoms with van der Waals surface area (Å²) < 4.78 is 17.0. The van der Waals surface area contributed by atoms with E-state index in [1.54, 1.807) is 0 Å². The van der Waals surface area contributed by atoms with Gasteiger partial charge in [0, 0.05) is 19.3 Å². The average Bonchev–Trinajstić information content (AvgIpc) is 3.45. The predicted octanol–water partition coefficient (Wildman–Crippen LogP) is 23.4. The quantitative estimate of drug-likeness (QED) is 0.0261. The van der Waals surface area contributed by atoms with Crippen molar-refractivity contribution in [3.05, 3.63) is 85.1 Å². The van der Waals surface area contributed by atoms with Gasteiger partial charge >= 0.3 is 17.9 Å². The molecule has 0 spiro atoms. The molecule has 79 heavy (non-hydrogen) atoms. The molecule has 0 aromatic carbocycles. The number of hydrogen-bond donors (Lipinski definition) is 0. The van der Waals surface area contributed by atoms with Crippen molar-refractivity contribution < 1.29 is 28.6 Å². The molecule has 0 heterocycles. The molecule has 0 aromatic rings. The lowest BCUT2D eigenvalue weighted by atomic mass is 10.0. The molecule has 6 heteroatoms. The highest BCUT2D eigenvalue weighted by molar-refractivity contribution is 5.71. The highest BCUT2D eigenvalue weighted by Crippen LogP contribution is 2.17. The van der Waals surface area contributed by atoms with Gasteiger partial charge in [0.1, 0.15) is 13.2 Å². The van der Waals surface area contributed by atoms with Crippen LogP contribution in [-0.2, 0) is 28.6 Å². The first-order valence-electron chi connectivity index (χ1n) is 34.1. The van der Waals surface area contributed by atoms with E-state index in [2.05, 4.69) is 106 Å². The number of carbonyl (C=O) groups is 3. The van der Waals surface area contributed by atoms with Crippen molar-refractivity contribution in [2.75, 3.05) is 13.2 Å². The fourth-order valence-electron chi connectivity index (χ4n) is 9.80. The molecule has 0 saturated heterocycles. The number of allylic oxidation sites excluding steroid dienone is 14. The van der Waals surface area contributed by atoms with Crippen LogP contribution in [0.2, 0.25) is 0 Å². The molecule has 0 N–H and O–H groups in total. The van der Waals surface area contributed by atoms with Gasteiger partial charge in [-0.15, -0.1) is 0 Å². The lowest BCUT2D eigenvalue weighted by Crippen LogP contribution is -2.30. The Bertz CT molecular complexity index is 1500. The van der Waals surface area contributed by atoms with Crippen LogP contribution in [0.4, 0.5) is 0 Å². The zero-order valence-electron chi connectivity index (χ0n) is 52.4. The summed E-state index contributed by atoms with van der Waals surface area (Å²) in [5.41, 5.74) is 0. The summed E-state index contributed by atoms with van der Waals surface area (Å²) in [4.78, 5) is 38.4. The van der Waals surface area contributed by atoms with Gasteiger partial charge in [0.25, 0.3) is 0 Å². The molecule has 1 unspecified atom stereocenters. The molecule has 0 radical (unpaired) electrons. The second-order valence-electron chi connectivity index (χ2n) is 22.7. The van der Waals surface area contributed by atoms with Gasteiger partial charge in [0.2, 0.25) is 0 Å². The Morgan fingerprint density at radius 3 is 0.785 bits per heavy atom. The maximum Gasteiger partial charge on any atom is 0.306 e. The summed E-state index contributed by atoms with van der Waals surface area (Å²) in [6.07, 6.45) is 88.8. The van der Waals surface area contributed by atoms with Gasteiger partial charge in [-0.3, -0.25) is 14.4 Å². The van der Waals surface area contributed by atoms with Gasteiger partial charge in [-0.25, -0.2) is 0 Å². The topological polar surface area (TPSA) is 78.9 Å². The lowest BCUT2D eigenvalue weighted by Gasteiger charge is -2.18. The van der Waals surface area contributed by atoms with Gasteiger partial charge in [-0.2, -0.15) is 0 Å². The zero-order chi connectivity index (χ0) is 57.1. The highest BCUT2D eigenvalue weighted by atomic mass is 16.6. The SMILES string of the molecule is CC/C=C\C/C=C\C/C=C\C/C=C\C/C=C\C/C=C\CCCCCCCCCCCCC(=O)OCC(COC(=O)CCCCCCC/C=C\CCCCCCCC)OC(=O)CCCCCCCCCCCCCCCCCCC. The molecule has 6 nitrogen and oxygen atoms in total. The van der Waals surface area contributed by atoms with Gasteiger partial charge in [-0.05, 0) is 96.3 Å². The summed E-state index contributed by atoms with van der Waals surface area (Å²) >= 11 is 0. The van der Waals surface area contributed by atoms with E-state index in [0.29, 0.717) is 19.3 Å². The third-order valence-corrected chi connectivity index (χ3v) is 14.9. The summed E-state index contributed by atoms with van der Waals surface area (Å²) in [7, 11) is 0. The number of unbranched alkanes of at least 4 members (excludes halogenated alkanes) is 37. The average molecular weight is 1100 g/mol. The van der Waals surface area contributed by atoms with Crippen LogP contribution < -0.4 is 0 Å². The minimum atomic E-state index is -0.781. The Hall–Kier alpha value is -3.41. The van der Waals surface area contributed by atoms with Crippen molar-refractivity contribution in [1.29, 1.82) is 0 Å². The standard InChI is InChI=1S/C73H128O6/c1-4-7-10-13-16-19-22-25-28-30-31-32-33-34-35-36-37-38-39-40-41-43-45-48-51-54-57-60-63-66-72(75)78-69-70(68-77-71(74)65-62-59-56-53-50-47-44-27-24-21-18-15-12-9-6-3)79-73(76)67-64-61-58-55-52-49-46-42-29-26-23-20-17-14-11-8-5-2/h7,10,16,19,25,27-28,31-32,34-35,37-38,44,70H,4-6,8-9,11-15,17-18,20-24,26,29-30,33,36,39-43,45-69H2,1-3H3/b10-7-,19-16-,28-25-,32-31-,35-34-,38-37-,44-27-. The smallest absolute Gasteiger partial charge is 0.306 e. The van der Waals surface area contributed by atoms with Crippen LogP contribution in [0, 0.1) is 0 Å². The first kappa shape index (κ1) is 75.6. The van der Waals surface area contributed by atoms with E-state index in [0.717, 1.165) is 103 Å². The molecule has 1 atom stereocenters. The molecule has 0 saturated carbocycles. The van der Waals surface area contributed by atoms with Crippen molar-refractivity contribution in [2.45, 2.75) is 348 Å². The van der Waals surface area contributed by atoms with Crippen molar-refractivity contribution in [3.8, 4) is 0 Å². The Balaban J connectivity index is 4.29. The van der Waals surface area contributed by atoms with E-state index in [-0.39, 0.29) is 31.1 Å². The maximum absolute atomic E-state index is 12.9. The fourth-order valence-corrected chi connectivity index (χ4v) is 9.80. The molecule has 0 bridgehead atoms. The lowest BCUT2D eigenvalue weighted by molar-refractivity contribution is -0.167. The maximum atomic E-state index is 12.9. The molecular formula is C73H128O6. The largest absolute Gasteiger partial charge is 0.462 e. The Labute approximate surface area is 490 Å². The van der Waals surface area contributed by atoms with Gasteiger partial charge < -0.3 is 14.2 Å². The summed E-state index contributed by atoms with van der Waals surface area (Å²) in [6, 6.07) is 0. The summed E-state index contributed by atoms with van der Waals surface area (Å²) in [6.45, 7) is 6.56. The molecule has 0 fully saturated rings. The first-order valence-corrected chi connectivity index (χ1v) is 34.1. The Kier molecular flexibility index (Phi) is 64.2. The minimum absolute atomic E-state index is 0.0777. The van der Waals surface area contributed by atoms with Crippen molar-refractivity contribution in [1.82, 2.24) is 0 Å². The van der Waals surface area contributed by atoms with Gasteiger partial charge in [0.05, 0.1) is 0 Å². The van der Waals surface area contributed by atoms with E-state index < -0.39 is 6.10 Å². The molecule has 0 aromatic heterocycles. The monoisotopic (exact) mass is 1100 g/mol. The number of hydrogen-bond acceptors (Lipinski definition) is 6. The van der Waals surface area contributed by atoms with Crippen LogP contribution >= 0.6 is 0 Å². The van der Waals surface area contributed by atoms with E-state index in [9.17, 15) is 14.4 Å².